The van der Waals surface area contributed by atoms with E-state index < -0.39 is 0 Å². The molecule has 0 aromatic carbocycles. The lowest BCUT2D eigenvalue weighted by molar-refractivity contribution is 0.521. The van der Waals surface area contributed by atoms with E-state index in [1.165, 1.54) is 0 Å². The van der Waals surface area contributed by atoms with Gasteiger partial charge in [0.15, 0.2) is 0 Å². The lowest BCUT2D eigenvalue weighted by Crippen LogP contribution is -2.39. The van der Waals surface area contributed by atoms with Gasteiger partial charge in [-0.1, -0.05) is 6.92 Å². The largest absolute Gasteiger partial charge is 0.366 e. The summed E-state index contributed by atoms with van der Waals surface area (Å²) in [5.74, 6) is 1.97. The maximum atomic E-state index is 4.41. The molecule has 2 aromatic heterocycles. The van der Waals surface area contributed by atoms with Crippen LogP contribution in [-0.2, 0) is 6.42 Å². The highest BCUT2D eigenvalue weighted by atomic mass is 79.9. The van der Waals surface area contributed by atoms with E-state index in [9.17, 15) is 0 Å². The quantitative estimate of drug-likeness (QED) is 0.905. The smallest absolute Gasteiger partial charge is 0.140 e. The normalized spacial score (nSPS) is 15.8. The Morgan fingerprint density at radius 3 is 2.82 bits per heavy atom. The first-order valence-corrected chi connectivity index (χ1v) is 8.48. The standard InChI is InChI=1S/C16H20BrN5/c1-2-12-10-15(20-11-19-12)22-8-5-13(6-9-22)21-16-14(17)4-3-7-18-16/h3-4,7,10-11,13H,2,5-6,8-9H2,1H3,(H,18,21). The lowest BCUT2D eigenvalue weighted by atomic mass is 10.0. The zero-order chi connectivity index (χ0) is 15.4. The molecule has 0 bridgehead atoms. The molecule has 0 amide bonds. The maximum absolute atomic E-state index is 4.41. The molecule has 0 saturated carbocycles. The summed E-state index contributed by atoms with van der Waals surface area (Å²) >= 11 is 3.54. The van der Waals surface area contributed by atoms with Crippen LogP contribution in [0, 0.1) is 0 Å². The van der Waals surface area contributed by atoms with Gasteiger partial charge in [0, 0.05) is 37.1 Å². The van der Waals surface area contributed by atoms with Gasteiger partial charge in [0.25, 0.3) is 0 Å². The Morgan fingerprint density at radius 1 is 1.27 bits per heavy atom. The molecule has 0 unspecified atom stereocenters. The van der Waals surface area contributed by atoms with Crippen molar-refractivity contribution in [2.45, 2.75) is 32.2 Å². The molecule has 0 spiro atoms. The Hall–Kier alpha value is -1.69. The maximum Gasteiger partial charge on any atom is 0.140 e. The highest BCUT2D eigenvalue weighted by molar-refractivity contribution is 9.10. The van der Waals surface area contributed by atoms with Gasteiger partial charge in [-0.2, -0.15) is 0 Å². The molecule has 0 radical (unpaired) electrons. The second kappa shape index (κ2) is 7.05. The van der Waals surface area contributed by atoms with Gasteiger partial charge >= 0.3 is 0 Å². The van der Waals surface area contributed by atoms with Gasteiger partial charge in [0.1, 0.15) is 18.0 Å². The molecule has 2 aromatic rings. The summed E-state index contributed by atoms with van der Waals surface area (Å²) in [5, 5.41) is 3.53. The third kappa shape index (κ3) is 3.55. The number of rotatable bonds is 4. The van der Waals surface area contributed by atoms with Crippen molar-refractivity contribution in [3.63, 3.8) is 0 Å². The zero-order valence-electron chi connectivity index (χ0n) is 12.7. The molecule has 1 fully saturated rings. The van der Waals surface area contributed by atoms with Crippen LogP contribution >= 0.6 is 15.9 Å². The molecule has 5 nitrogen and oxygen atoms in total. The number of hydrogen-bond donors (Lipinski definition) is 1. The van der Waals surface area contributed by atoms with Crippen LogP contribution in [0.2, 0.25) is 0 Å². The highest BCUT2D eigenvalue weighted by Crippen LogP contribution is 2.24. The number of halogens is 1. The minimum atomic E-state index is 0.454. The first-order chi connectivity index (χ1) is 10.8. The van der Waals surface area contributed by atoms with Crippen molar-refractivity contribution in [1.82, 2.24) is 15.0 Å². The third-order valence-electron chi connectivity index (χ3n) is 3.99. The molecule has 22 heavy (non-hydrogen) atoms. The molecule has 6 heteroatoms. The van der Waals surface area contributed by atoms with Crippen molar-refractivity contribution in [3.05, 3.63) is 40.9 Å². The van der Waals surface area contributed by atoms with E-state index in [1.807, 2.05) is 18.3 Å². The summed E-state index contributed by atoms with van der Waals surface area (Å²) in [6, 6.07) is 6.49. The Kier molecular flexibility index (Phi) is 4.87. The van der Waals surface area contributed by atoms with E-state index in [4.69, 9.17) is 0 Å². The van der Waals surface area contributed by atoms with Gasteiger partial charge in [-0.3, -0.25) is 0 Å². The predicted molar refractivity (Wildman–Crippen MR) is 92.2 cm³/mol. The fraction of sp³-hybridized carbons (Fsp3) is 0.438. The topological polar surface area (TPSA) is 53.9 Å². The van der Waals surface area contributed by atoms with Gasteiger partial charge in [-0.15, -0.1) is 0 Å². The average Bonchev–Trinajstić information content (AvgIpc) is 2.58. The molecular weight excluding hydrogens is 342 g/mol. The van der Waals surface area contributed by atoms with Gasteiger partial charge in [0.05, 0.1) is 4.47 Å². The molecule has 1 aliphatic rings. The molecular formula is C16H20BrN5. The number of nitrogens with zero attached hydrogens (tertiary/aromatic N) is 4. The lowest BCUT2D eigenvalue weighted by Gasteiger charge is -2.33. The van der Waals surface area contributed by atoms with Gasteiger partial charge < -0.3 is 10.2 Å². The third-order valence-corrected chi connectivity index (χ3v) is 4.63. The van der Waals surface area contributed by atoms with E-state index in [0.717, 1.165) is 54.2 Å². The van der Waals surface area contributed by atoms with Crippen molar-refractivity contribution in [2.75, 3.05) is 23.3 Å². The Labute approximate surface area is 139 Å². The number of aromatic nitrogens is 3. The monoisotopic (exact) mass is 361 g/mol. The summed E-state index contributed by atoms with van der Waals surface area (Å²) in [7, 11) is 0. The Balaban J connectivity index is 1.59. The summed E-state index contributed by atoms with van der Waals surface area (Å²) in [4.78, 5) is 15.4. The van der Waals surface area contributed by atoms with Crippen LogP contribution in [0.3, 0.4) is 0 Å². The minimum Gasteiger partial charge on any atom is -0.366 e. The molecule has 1 aliphatic heterocycles. The van der Waals surface area contributed by atoms with E-state index >= 15 is 0 Å². The highest BCUT2D eigenvalue weighted by Gasteiger charge is 2.21. The second-order valence-corrected chi connectivity index (χ2v) is 6.31. The Bertz CT molecular complexity index is 625. The SMILES string of the molecule is CCc1cc(N2CCC(Nc3ncccc3Br)CC2)ncn1. The first kappa shape index (κ1) is 15.2. The molecule has 3 rings (SSSR count). The van der Waals surface area contributed by atoms with Gasteiger partial charge in [-0.05, 0) is 47.3 Å². The van der Waals surface area contributed by atoms with Crippen LogP contribution in [0.5, 0.6) is 0 Å². The van der Waals surface area contributed by atoms with Crippen molar-refractivity contribution < 1.29 is 0 Å². The van der Waals surface area contributed by atoms with Crippen LogP contribution in [0.4, 0.5) is 11.6 Å². The number of hydrogen-bond acceptors (Lipinski definition) is 5. The number of aryl methyl sites for hydroxylation is 1. The molecule has 3 heterocycles. The van der Waals surface area contributed by atoms with Crippen molar-refractivity contribution >= 4 is 27.6 Å². The number of nitrogens with one attached hydrogen (secondary N) is 1. The van der Waals surface area contributed by atoms with Crippen LogP contribution in [0.15, 0.2) is 35.2 Å². The summed E-state index contributed by atoms with van der Waals surface area (Å²) in [6.45, 7) is 4.12. The molecule has 1 N–H and O–H groups in total. The molecule has 0 atom stereocenters. The van der Waals surface area contributed by atoms with Crippen molar-refractivity contribution in [1.29, 1.82) is 0 Å². The van der Waals surface area contributed by atoms with E-state index in [-0.39, 0.29) is 0 Å². The predicted octanol–water partition coefficient (Wildman–Crippen LogP) is 3.28. The summed E-state index contributed by atoms with van der Waals surface area (Å²) in [6.07, 6.45) is 6.59. The van der Waals surface area contributed by atoms with Crippen molar-refractivity contribution in [2.24, 2.45) is 0 Å². The fourth-order valence-electron chi connectivity index (χ4n) is 2.69. The molecule has 0 aliphatic carbocycles. The fourth-order valence-corrected chi connectivity index (χ4v) is 3.06. The Morgan fingerprint density at radius 2 is 2.09 bits per heavy atom. The van der Waals surface area contributed by atoms with Crippen LogP contribution in [0.1, 0.15) is 25.5 Å². The first-order valence-electron chi connectivity index (χ1n) is 7.69. The summed E-state index contributed by atoms with van der Waals surface area (Å²) in [5.41, 5.74) is 1.10. The van der Waals surface area contributed by atoms with Crippen LogP contribution in [-0.4, -0.2) is 34.1 Å². The number of anilines is 2. The van der Waals surface area contributed by atoms with Gasteiger partial charge in [0.2, 0.25) is 0 Å². The van der Waals surface area contributed by atoms with Crippen molar-refractivity contribution in [3.8, 4) is 0 Å². The van der Waals surface area contributed by atoms with Crippen LogP contribution < -0.4 is 10.2 Å². The average molecular weight is 362 g/mol. The zero-order valence-corrected chi connectivity index (χ0v) is 14.3. The van der Waals surface area contributed by atoms with E-state index in [2.05, 4.69) is 54.1 Å². The minimum absolute atomic E-state index is 0.454. The van der Waals surface area contributed by atoms with E-state index in [1.54, 1.807) is 6.33 Å². The van der Waals surface area contributed by atoms with Gasteiger partial charge in [-0.25, -0.2) is 15.0 Å². The summed E-state index contributed by atoms with van der Waals surface area (Å²) < 4.78 is 1.01. The molecule has 116 valence electrons. The van der Waals surface area contributed by atoms with E-state index in [0.29, 0.717) is 6.04 Å². The number of pyridine rings is 1. The second-order valence-electron chi connectivity index (χ2n) is 5.46. The number of piperidine rings is 1. The molecule has 1 saturated heterocycles. The van der Waals surface area contributed by atoms with Crippen LogP contribution in [0.25, 0.3) is 0 Å².